The van der Waals surface area contributed by atoms with Crippen molar-refractivity contribution in [2.24, 2.45) is 0 Å². The van der Waals surface area contributed by atoms with Gasteiger partial charge in [-0.25, -0.2) is 0 Å². The second kappa shape index (κ2) is 10.5. The maximum atomic E-state index is 12.9. The minimum absolute atomic E-state index is 0.00188. The first-order valence-corrected chi connectivity index (χ1v) is 11.8. The minimum atomic E-state index is -0.849. The van der Waals surface area contributed by atoms with E-state index in [2.05, 4.69) is 34.5 Å². The average molecular weight is 444 g/mol. The summed E-state index contributed by atoms with van der Waals surface area (Å²) in [6.45, 7) is 8.22. The largest absolute Gasteiger partial charge is 0.460 e. The van der Waals surface area contributed by atoms with Crippen LogP contribution in [0.25, 0.3) is 0 Å². The number of carbonyl (C=O) groups excluding carboxylic acids is 3. The van der Waals surface area contributed by atoms with Gasteiger partial charge in [0.25, 0.3) is 0 Å². The van der Waals surface area contributed by atoms with E-state index in [4.69, 9.17) is 4.74 Å². The molecule has 2 aliphatic rings. The number of hydrogen-bond acceptors (Lipinski definition) is 5. The van der Waals surface area contributed by atoms with E-state index < -0.39 is 11.1 Å². The average Bonchev–Trinajstić information content (AvgIpc) is 2.75. The summed E-state index contributed by atoms with van der Waals surface area (Å²) in [7, 11) is 0. The number of carbonyl (C=O) groups is 3. The van der Waals surface area contributed by atoms with Crippen molar-refractivity contribution in [1.82, 2.24) is 15.1 Å². The number of benzene rings is 1. The summed E-state index contributed by atoms with van der Waals surface area (Å²) in [5.74, 6) is -0.559. The van der Waals surface area contributed by atoms with Crippen molar-refractivity contribution in [1.29, 1.82) is 0 Å². The van der Waals surface area contributed by atoms with Crippen molar-refractivity contribution in [3.05, 3.63) is 35.9 Å². The molecule has 2 amide bonds. The van der Waals surface area contributed by atoms with Crippen molar-refractivity contribution in [3.8, 4) is 0 Å². The second-order valence-corrected chi connectivity index (χ2v) is 9.88. The fourth-order valence-electron chi connectivity index (χ4n) is 4.66. The van der Waals surface area contributed by atoms with Crippen LogP contribution >= 0.6 is 0 Å². The Morgan fingerprint density at radius 3 is 2.41 bits per heavy atom. The Morgan fingerprint density at radius 1 is 1.06 bits per heavy atom. The summed E-state index contributed by atoms with van der Waals surface area (Å²) in [5, 5.41) is 2.77. The van der Waals surface area contributed by atoms with E-state index in [1.165, 1.54) is 5.56 Å². The smallest absolute Gasteiger partial charge is 0.308 e. The standard InChI is InChI=1S/C25H37N3O4/c1-24(2,3)32-22(30)12-16-28-21(29)19-26-23(31)25(28)13-17-27(18-14-25)15-8-7-11-20-9-5-4-6-10-20/h4-6,9-10H,7-8,11-19H2,1-3H3,(H,26,31). The molecule has 2 saturated heterocycles. The molecule has 1 N–H and O–H groups in total. The highest BCUT2D eigenvalue weighted by Crippen LogP contribution is 2.32. The molecular weight excluding hydrogens is 406 g/mol. The second-order valence-electron chi connectivity index (χ2n) is 9.88. The van der Waals surface area contributed by atoms with E-state index >= 15 is 0 Å². The first-order valence-electron chi connectivity index (χ1n) is 11.8. The zero-order chi connectivity index (χ0) is 23.2. The van der Waals surface area contributed by atoms with Gasteiger partial charge in [0.1, 0.15) is 11.1 Å². The van der Waals surface area contributed by atoms with Gasteiger partial charge in [-0.2, -0.15) is 0 Å². The van der Waals surface area contributed by atoms with Crippen molar-refractivity contribution >= 4 is 17.8 Å². The number of piperidine rings is 1. The van der Waals surface area contributed by atoms with E-state index in [0.717, 1.165) is 38.9 Å². The topological polar surface area (TPSA) is 79.0 Å². The van der Waals surface area contributed by atoms with Gasteiger partial charge in [0, 0.05) is 19.6 Å². The Hall–Kier alpha value is -2.41. The molecule has 176 valence electrons. The molecule has 1 aromatic rings. The lowest BCUT2D eigenvalue weighted by molar-refractivity contribution is -0.162. The van der Waals surface area contributed by atoms with E-state index in [1.807, 2.05) is 26.8 Å². The SMILES string of the molecule is CC(C)(C)OC(=O)CCN1C(=O)CNC(=O)C12CCN(CCCCc1ccccc1)CC2. The zero-order valence-electron chi connectivity index (χ0n) is 19.7. The summed E-state index contributed by atoms with van der Waals surface area (Å²) < 4.78 is 5.38. The Labute approximate surface area is 191 Å². The van der Waals surface area contributed by atoms with Gasteiger partial charge in [-0.05, 0) is 65.0 Å². The normalized spacial score (nSPS) is 19.2. The molecule has 0 aromatic heterocycles. The monoisotopic (exact) mass is 443 g/mol. The third-order valence-corrected chi connectivity index (χ3v) is 6.32. The summed E-state index contributed by atoms with van der Waals surface area (Å²) in [6, 6.07) is 10.5. The number of nitrogens with one attached hydrogen (secondary N) is 1. The van der Waals surface area contributed by atoms with Gasteiger partial charge in [0.15, 0.2) is 0 Å². The molecule has 1 aromatic carbocycles. The number of ether oxygens (including phenoxy) is 1. The fourth-order valence-corrected chi connectivity index (χ4v) is 4.66. The van der Waals surface area contributed by atoms with Gasteiger partial charge in [0.05, 0.1) is 13.0 Å². The van der Waals surface area contributed by atoms with Crippen LogP contribution in [0, 0.1) is 0 Å². The number of rotatable bonds is 8. The van der Waals surface area contributed by atoms with Gasteiger partial charge in [-0.15, -0.1) is 0 Å². The Kier molecular flexibility index (Phi) is 7.93. The number of esters is 1. The molecule has 0 saturated carbocycles. The molecular formula is C25H37N3O4. The first kappa shape index (κ1) is 24.2. The third-order valence-electron chi connectivity index (χ3n) is 6.32. The first-order chi connectivity index (χ1) is 15.2. The van der Waals surface area contributed by atoms with Gasteiger partial charge in [-0.3, -0.25) is 14.4 Å². The quantitative estimate of drug-likeness (QED) is 0.493. The van der Waals surface area contributed by atoms with E-state index in [1.54, 1.807) is 4.90 Å². The van der Waals surface area contributed by atoms with Crippen LogP contribution in [0.2, 0.25) is 0 Å². The van der Waals surface area contributed by atoms with Crippen LogP contribution in [0.15, 0.2) is 30.3 Å². The molecule has 0 atom stereocenters. The number of unbranched alkanes of at least 4 members (excludes halogenated alkanes) is 1. The highest BCUT2D eigenvalue weighted by Gasteiger charge is 2.50. The van der Waals surface area contributed by atoms with Crippen LogP contribution in [0.1, 0.15) is 58.4 Å². The maximum Gasteiger partial charge on any atom is 0.308 e. The number of hydrogen-bond donors (Lipinski definition) is 1. The number of likely N-dealkylation sites (tertiary alicyclic amines) is 1. The number of aryl methyl sites for hydroxylation is 1. The van der Waals surface area contributed by atoms with Gasteiger partial charge in [-0.1, -0.05) is 30.3 Å². The number of piperazine rings is 1. The number of amides is 2. The summed E-state index contributed by atoms with van der Waals surface area (Å²) >= 11 is 0. The van der Waals surface area contributed by atoms with Crippen molar-refractivity contribution in [2.75, 3.05) is 32.7 Å². The molecule has 2 fully saturated rings. The van der Waals surface area contributed by atoms with Crippen molar-refractivity contribution in [2.45, 2.75) is 70.4 Å². The van der Waals surface area contributed by atoms with E-state index in [-0.39, 0.29) is 37.3 Å². The molecule has 1 spiro atoms. The molecule has 2 heterocycles. The van der Waals surface area contributed by atoms with Gasteiger partial charge >= 0.3 is 5.97 Å². The van der Waals surface area contributed by atoms with E-state index in [0.29, 0.717) is 12.8 Å². The number of nitrogens with zero attached hydrogens (tertiary/aromatic N) is 2. The lowest BCUT2D eigenvalue weighted by Crippen LogP contribution is -2.70. The Bertz CT molecular complexity index is 795. The fraction of sp³-hybridized carbons (Fsp3) is 0.640. The van der Waals surface area contributed by atoms with Crippen LogP contribution in [-0.4, -0.2) is 71.4 Å². The molecule has 7 nitrogen and oxygen atoms in total. The zero-order valence-corrected chi connectivity index (χ0v) is 19.7. The Morgan fingerprint density at radius 2 is 1.75 bits per heavy atom. The van der Waals surface area contributed by atoms with Crippen LogP contribution in [0.4, 0.5) is 0 Å². The molecule has 0 unspecified atom stereocenters. The molecule has 0 aliphatic carbocycles. The molecule has 2 aliphatic heterocycles. The van der Waals surface area contributed by atoms with Crippen molar-refractivity contribution in [3.63, 3.8) is 0 Å². The van der Waals surface area contributed by atoms with Gasteiger partial charge < -0.3 is 19.9 Å². The Balaban J connectivity index is 1.51. The molecule has 3 rings (SSSR count). The lowest BCUT2D eigenvalue weighted by Gasteiger charge is -2.49. The molecule has 0 bridgehead atoms. The highest BCUT2D eigenvalue weighted by molar-refractivity contribution is 5.98. The van der Waals surface area contributed by atoms with E-state index in [9.17, 15) is 14.4 Å². The minimum Gasteiger partial charge on any atom is -0.460 e. The molecule has 32 heavy (non-hydrogen) atoms. The predicted octanol–water partition coefficient (Wildman–Crippen LogP) is 2.53. The van der Waals surface area contributed by atoms with Crippen LogP contribution in [-0.2, 0) is 25.5 Å². The van der Waals surface area contributed by atoms with Gasteiger partial charge in [0.2, 0.25) is 11.8 Å². The highest BCUT2D eigenvalue weighted by atomic mass is 16.6. The molecule has 0 radical (unpaired) electrons. The van der Waals surface area contributed by atoms with Crippen LogP contribution in [0.3, 0.4) is 0 Å². The molecule has 7 heteroatoms. The van der Waals surface area contributed by atoms with Crippen molar-refractivity contribution < 1.29 is 19.1 Å². The summed E-state index contributed by atoms with van der Waals surface area (Å²) in [6.07, 6.45) is 4.60. The summed E-state index contributed by atoms with van der Waals surface area (Å²) in [5.41, 5.74) is -0.0509. The predicted molar refractivity (Wildman–Crippen MR) is 123 cm³/mol. The maximum absolute atomic E-state index is 12.9. The van der Waals surface area contributed by atoms with Crippen LogP contribution < -0.4 is 5.32 Å². The third kappa shape index (κ3) is 6.31. The summed E-state index contributed by atoms with van der Waals surface area (Å²) in [4.78, 5) is 41.8. The van der Waals surface area contributed by atoms with Crippen LogP contribution in [0.5, 0.6) is 0 Å². The lowest BCUT2D eigenvalue weighted by atomic mass is 9.82.